The van der Waals surface area contributed by atoms with Crippen LogP contribution in [0.25, 0.3) is 54.6 Å². The Hall–Kier alpha value is -5.97. The van der Waals surface area contributed by atoms with Crippen LogP contribution in [0.15, 0.2) is 159 Å². The van der Waals surface area contributed by atoms with E-state index in [1.807, 2.05) is 52.8 Å². The molecule has 0 heterocycles. The zero-order valence-electron chi connectivity index (χ0n) is 43.3. The van der Waals surface area contributed by atoms with E-state index in [4.69, 9.17) is 0 Å². The molecule has 0 fully saturated rings. The van der Waals surface area contributed by atoms with Gasteiger partial charge in [0, 0.05) is 6.42 Å². The molecule has 1 atom stereocenters. The zero-order valence-corrected chi connectivity index (χ0v) is 43.3. The summed E-state index contributed by atoms with van der Waals surface area (Å²) in [4.78, 5) is 0. The molecule has 0 spiro atoms. The van der Waals surface area contributed by atoms with Crippen LogP contribution in [0.2, 0.25) is 6.82 Å². The minimum absolute atomic E-state index is 0.107. The minimum atomic E-state index is 0.107. The van der Waals surface area contributed by atoms with Gasteiger partial charge in [-0.3, -0.25) is 0 Å². The molecule has 1 unspecified atom stereocenters. The number of fused-ring (bicyclic) bond motifs is 11. The quantitative estimate of drug-likeness (QED) is 0.0493. The summed E-state index contributed by atoms with van der Waals surface area (Å²) in [7, 11) is 0. The largest absolute Gasteiger partial charge is 0.0683 e. The Balaban J connectivity index is 0.000000269. The van der Waals surface area contributed by atoms with Crippen molar-refractivity contribution in [2.24, 2.45) is 5.92 Å². The van der Waals surface area contributed by atoms with Crippen LogP contribution in [0.3, 0.4) is 0 Å². The summed E-state index contributed by atoms with van der Waals surface area (Å²) in [5.41, 5.74) is 15.3. The van der Waals surface area contributed by atoms with Crippen molar-refractivity contribution in [2.45, 2.75) is 128 Å². The SMILES string of the molecule is C=C(C)c1cc2c3ccccc3c3ccccc3c2c2c1/C(=C/C=C\C)C(C)C2.C=C/C=C\C=C/CCC#CC.CB=C(C)c1ccc2c(c1)C(C)(C)c1ccccc1-2.CC.CC.CCC. The molecule has 6 aromatic rings. The van der Waals surface area contributed by atoms with Crippen molar-refractivity contribution in [1.82, 2.24) is 0 Å². The van der Waals surface area contributed by atoms with Gasteiger partial charge in [0.1, 0.15) is 0 Å². The molecule has 2 aliphatic carbocycles. The molecule has 0 nitrogen and oxygen atoms in total. The third-order valence-corrected chi connectivity index (χ3v) is 12.0. The molecule has 66 heavy (non-hydrogen) atoms. The van der Waals surface area contributed by atoms with Gasteiger partial charge in [0.2, 0.25) is 0 Å². The van der Waals surface area contributed by atoms with Crippen LogP contribution in [-0.4, -0.2) is 12.4 Å². The maximum Gasteiger partial charge on any atom is -0.0590 e. The van der Waals surface area contributed by atoms with E-state index in [1.54, 1.807) is 6.08 Å². The molecule has 0 saturated heterocycles. The number of unbranched alkanes of at least 4 members (excludes halogenated alkanes) is 1. The van der Waals surface area contributed by atoms with E-state index in [-0.39, 0.29) is 5.41 Å². The summed E-state index contributed by atoms with van der Waals surface area (Å²) >= 11 is 0. The summed E-state index contributed by atoms with van der Waals surface area (Å²) in [5.74, 6) is 6.35. The second-order valence-corrected chi connectivity index (χ2v) is 16.9. The van der Waals surface area contributed by atoms with Gasteiger partial charge in [-0.25, -0.2) is 0 Å². The smallest absolute Gasteiger partial charge is 0.0590 e. The van der Waals surface area contributed by atoms with E-state index in [0.29, 0.717) is 5.92 Å². The van der Waals surface area contributed by atoms with Gasteiger partial charge in [0.25, 0.3) is 0 Å². The normalized spacial score (nSPS) is 14.4. The van der Waals surface area contributed by atoms with E-state index >= 15 is 0 Å². The van der Waals surface area contributed by atoms with Crippen LogP contribution in [-0.2, 0) is 11.8 Å². The molecular formula is C65H79B. The summed E-state index contributed by atoms with van der Waals surface area (Å²) in [6, 6.07) is 35.8. The van der Waals surface area contributed by atoms with Gasteiger partial charge in [0.15, 0.2) is 0 Å². The topological polar surface area (TPSA) is 0 Å². The maximum atomic E-state index is 4.35. The Labute approximate surface area is 403 Å². The van der Waals surface area contributed by atoms with Gasteiger partial charge >= 0.3 is 116 Å². The average molecular weight is 871 g/mol. The van der Waals surface area contributed by atoms with Crippen molar-refractivity contribution in [2.75, 3.05) is 0 Å². The second kappa shape index (κ2) is 27.5. The van der Waals surface area contributed by atoms with Gasteiger partial charge in [-0.15, -0.1) is 11.8 Å². The van der Waals surface area contributed by atoms with Crippen molar-refractivity contribution >= 4 is 55.8 Å². The van der Waals surface area contributed by atoms with Crippen LogP contribution in [0.4, 0.5) is 0 Å². The van der Waals surface area contributed by atoms with E-state index in [2.05, 4.69) is 215 Å². The van der Waals surface area contributed by atoms with Crippen molar-refractivity contribution in [3.8, 4) is 23.0 Å². The summed E-state index contributed by atoms with van der Waals surface area (Å²) in [6.45, 7) is 39.7. The van der Waals surface area contributed by atoms with Crippen molar-refractivity contribution < 1.29 is 0 Å². The molecule has 0 radical (unpaired) electrons. The Morgan fingerprint density at radius 3 is 1.92 bits per heavy atom. The minimum Gasteiger partial charge on any atom is -0.0683 e. The summed E-state index contributed by atoms with van der Waals surface area (Å²) in [5, 5.41) is 8.17. The fraction of sp³-hybridized carbons (Fsp3) is 0.308. The van der Waals surface area contributed by atoms with Gasteiger partial charge in [-0.05, 0) is 100 Å². The van der Waals surface area contributed by atoms with E-state index in [0.717, 1.165) is 24.8 Å². The number of benzene rings is 6. The molecule has 0 aromatic heterocycles. The molecule has 6 aromatic carbocycles. The fourth-order valence-electron chi connectivity index (χ4n) is 8.84. The molecule has 8 rings (SSSR count). The molecule has 0 N–H and O–H groups in total. The molecule has 342 valence electrons. The van der Waals surface area contributed by atoms with Crippen LogP contribution in [0.1, 0.15) is 143 Å². The van der Waals surface area contributed by atoms with Gasteiger partial charge in [-0.1, -0.05) is 171 Å². The Bertz CT molecular complexity index is 2780. The number of hydrogen-bond acceptors (Lipinski definition) is 0. The molecular weight excluding hydrogens is 792 g/mol. The molecule has 0 amide bonds. The Morgan fingerprint density at radius 2 is 1.33 bits per heavy atom. The first-order chi connectivity index (χ1) is 32.0. The molecule has 0 aliphatic heterocycles. The monoisotopic (exact) mass is 871 g/mol. The van der Waals surface area contributed by atoms with E-state index < -0.39 is 0 Å². The molecule has 0 saturated carbocycles. The fourth-order valence-corrected chi connectivity index (χ4v) is 8.84. The third kappa shape index (κ3) is 12.7. The van der Waals surface area contributed by atoms with Gasteiger partial charge in [0.05, 0.1) is 0 Å². The van der Waals surface area contributed by atoms with E-state index in [1.165, 1.54) is 94.3 Å². The first kappa shape index (κ1) is 54.4. The first-order valence-electron chi connectivity index (χ1n) is 24.6. The first-order valence-corrected chi connectivity index (χ1v) is 24.6. The maximum absolute atomic E-state index is 4.35. The second-order valence-electron chi connectivity index (χ2n) is 16.9. The summed E-state index contributed by atoms with van der Waals surface area (Å²) < 4.78 is 0. The molecule has 2 aliphatic rings. The van der Waals surface area contributed by atoms with Crippen LogP contribution >= 0.6 is 0 Å². The molecule has 0 bridgehead atoms. The predicted molar refractivity (Wildman–Crippen MR) is 305 cm³/mol. The van der Waals surface area contributed by atoms with Crippen molar-refractivity contribution in [3.63, 3.8) is 0 Å². The van der Waals surface area contributed by atoms with Crippen LogP contribution in [0.5, 0.6) is 0 Å². The Kier molecular flexibility index (Phi) is 22.7. The van der Waals surface area contributed by atoms with Crippen molar-refractivity contribution in [1.29, 1.82) is 0 Å². The summed E-state index contributed by atoms with van der Waals surface area (Å²) in [6.07, 6.45) is 20.6. The van der Waals surface area contributed by atoms with Gasteiger partial charge < -0.3 is 0 Å². The standard InChI is InChI=1S/C29H26.C18H19B.C11H14.C3H8.2C2H6/c1-5-6-11-20-19(4)16-27-28(20)25(18(2)3)17-26-23-14-8-7-12-21(23)22-13-9-10-15-24(22)29(26)27;1-12(19-4)13-9-10-15-14-7-5-6-8-16(14)18(2,3)17(15)11-13;1-3-5-7-9-11-10-8-6-4-2;1-3-2;2*1-2/h5-15,17,19H,2,16H2,1,3-4H3;5-11H,1-4H3;3,5,7,9,11H,1,8,10H2,2H3;3H2,1-2H3;2*1-2H3/b6-5-,20-11+;;7-5-,11-9-;;;. The number of rotatable bonds is 7. The Morgan fingerprint density at radius 1 is 0.758 bits per heavy atom. The third-order valence-electron chi connectivity index (χ3n) is 12.0. The van der Waals surface area contributed by atoms with E-state index in [9.17, 15) is 0 Å². The van der Waals surface area contributed by atoms with Crippen LogP contribution < -0.4 is 0 Å². The number of hydrogen-bond donors (Lipinski definition) is 0. The van der Waals surface area contributed by atoms with Gasteiger partial charge in [-0.2, -0.15) is 0 Å². The average Bonchev–Trinajstić information content (AvgIpc) is 3.80. The number of allylic oxidation sites excluding steroid dienone is 10. The van der Waals surface area contributed by atoms with Crippen molar-refractivity contribution in [3.05, 3.63) is 192 Å². The molecule has 1 heteroatoms. The zero-order chi connectivity index (χ0) is 48.8. The van der Waals surface area contributed by atoms with Crippen LogP contribution in [0, 0.1) is 17.8 Å². The predicted octanol–water partition coefficient (Wildman–Crippen LogP) is 19.2.